The van der Waals surface area contributed by atoms with Gasteiger partial charge in [0.2, 0.25) is 23.6 Å². The van der Waals surface area contributed by atoms with Gasteiger partial charge in [-0.15, -0.1) is 0 Å². The molecule has 4 atom stereocenters. The summed E-state index contributed by atoms with van der Waals surface area (Å²) < 4.78 is 0. The number of phenolic OH excluding ortho intramolecular Hbond substituents is 1. The molecular formula is C32H45N7O6. The minimum atomic E-state index is -1.04. The predicted octanol–water partition coefficient (Wildman–Crippen LogP) is 0.359. The lowest BCUT2D eigenvalue weighted by molar-refractivity contribution is -0.134. The van der Waals surface area contributed by atoms with Crippen LogP contribution in [0.1, 0.15) is 50.2 Å². The van der Waals surface area contributed by atoms with Crippen LogP contribution in [0.25, 0.3) is 0 Å². The fourth-order valence-corrected chi connectivity index (χ4v) is 4.94. The number of phenols is 1. The molecule has 0 unspecified atom stereocenters. The van der Waals surface area contributed by atoms with Crippen LogP contribution in [0.2, 0.25) is 0 Å². The average molecular weight is 624 g/mol. The second kappa shape index (κ2) is 18.2. The van der Waals surface area contributed by atoms with Crippen molar-refractivity contribution < 1.29 is 29.1 Å². The Balaban J connectivity index is 1.83. The Morgan fingerprint density at radius 2 is 1.58 bits per heavy atom. The quantitative estimate of drug-likeness (QED) is 0.207. The van der Waals surface area contributed by atoms with Crippen molar-refractivity contribution in [1.29, 1.82) is 0 Å². The molecule has 244 valence electrons. The number of hydrogen-bond acceptors (Lipinski definition) is 7. The lowest BCUT2D eigenvalue weighted by atomic mass is 10.0. The van der Waals surface area contributed by atoms with Gasteiger partial charge < -0.3 is 42.7 Å². The van der Waals surface area contributed by atoms with Crippen LogP contribution in [-0.4, -0.2) is 78.6 Å². The molecule has 2 aromatic rings. The first-order valence-electron chi connectivity index (χ1n) is 15.4. The third kappa shape index (κ3) is 12.1. The first-order chi connectivity index (χ1) is 21.7. The highest BCUT2D eigenvalue weighted by atomic mass is 16.3. The smallest absolute Gasteiger partial charge is 0.314 e. The van der Waals surface area contributed by atoms with E-state index < -0.39 is 41.9 Å². The molecule has 3 rings (SSSR count). The molecule has 0 aliphatic carbocycles. The van der Waals surface area contributed by atoms with Crippen molar-refractivity contribution in [3.05, 3.63) is 65.7 Å². The number of carbonyl (C=O) groups is 5. The number of rotatable bonds is 8. The summed E-state index contributed by atoms with van der Waals surface area (Å²) in [5.41, 5.74) is 7.71. The van der Waals surface area contributed by atoms with E-state index in [0.717, 1.165) is 11.1 Å². The predicted molar refractivity (Wildman–Crippen MR) is 169 cm³/mol. The van der Waals surface area contributed by atoms with Crippen LogP contribution >= 0.6 is 0 Å². The molecule has 13 nitrogen and oxygen atoms in total. The molecule has 0 spiro atoms. The summed E-state index contributed by atoms with van der Waals surface area (Å²) in [5.74, 6) is -1.94. The molecule has 1 saturated heterocycles. The van der Waals surface area contributed by atoms with Crippen molar-refractivity contribution in [2.24, 2.45) is 5.73 Å². The molecule has 1 aliphatic rings. The van der Waals surface area contributed by atoms with Gasteiger partial charge in [-0.3, -0.25) is 19.2 Å². The Bertz CT molecular complexity index is 1270. The van der Waals surface area contributed by atoms with Crippen LogP contribution in [0.3, 0.4) is 0 Å². The molecule has 6 amide bonds. The van der Waals surface area contributed by atoms with Crippen LogP contribution in [0.5, 0.6) is 5.75 Å². The van der Waals surface area contributed by atoms with Crippen LogP contribution in [-0.2, 0) is 32.0 Å². The van der Waals surface area contributed by atoms with Gasteiger partial charge in [-0.1, -0.05) is 42.5 Å². The summed E-state index contributed by atoms with van der Waals surface area (Å²) in [4.78, 5) is 65.5. The molecule has 45 heavy (non-hydrogen) atoms. The third-order valence-electron chi connectivity index (χ3n) is 7.42. The largest absolute Gasteiger partial charge is 0.508 e. The van der Waals surface area contributed by atoms with Crippen molar-refractivity contribution >= 4 is 29.7 Å². The summed E-state index contributed by atoms with van der Waals surface area (Å²) in [7, 11) is 0. The van der Waals surface area contributed by atoms with Gasteiger partial charge in [-0.05, 0) is 68.7 Å². The number of benzene rings is 2. The number of nitrogens with two attached hydrogens (primary N) is 1. The number of aromatic hydroxyl groups is 1. The fourth-order valence-electron chi connectivity index (χ4n) is 4.94. The van der Waals surface area contributed by atoms with Gasteiger partial charge in [-0.25, -0.2) is 4.79 Å². The Hall–Kier alpha value is -4.65. The van der Waals surface area contributed by atoms with Crippen molar-refractivity contribution in [3.63, 3.8) is 0 Å². The van der Waals surface area contributed by atoms with E-state index in [1.807, 2.05) is 30.3 Å². The highest BCUT2D eigenvalue weighted by Crippen LogP contribution is 2.12. The van der Waals surface area contributed by atoms with Crippen molar-refractivity contribution in [1.82, 2.24) is 31.9 Å². The van der Waals surface area contributed by atoms with Gasteiger partial charge in [0.25, 0.3) is 0 Å². The van der Waals surface area contributed by atoms with Gasteiger partial charge in [0.05, 0.1) is 6.04 Å². The van der Waals surface area contributed by atoms with Gasteiger partial charge in [0.15, 0.2) is 0 Å². The first kappa shape index (κ1) is 34.8. The molecule has 0 aromatic heterocycles. The molecule has 9 N–H and O–H groups in total. The molecule has 1 fully saturated rings. The van der Waals surface area contributed by atoms with E-state index in [1.54, 1.807) is 19.1 Å². The van der Waals surface area contributed by atoms with Gasteiger partial charge in [0, 0.05) is 26.1 Å². The molecule has 13 heteroatoms. The zero-order valence-corrected chi connectivity index (χ0v) is 25.6. The van der Waals surface area contributed by atoms with Gasteiger partial charge in [-0.2, -0.15) is 0 Å². The van der Waals surface area contributed by atoms with Crippen molar-refractivity contribution in [3.8, 4) is 5.75 Å². The van der Waals surface area contributed by atoms with Crippen molar-refractivity contribution in [2.45, 2.75) is 76.0 Å². The first-order valence-corrected chi connectivity index (χ1v) is 15.4. The highest BCUT2D eigenvalue weighted by molar-refractivity contribution is 5.95. The van der Waals surface area contributed by atoms with Gasteiger partial charge in [0.1, 0.15) is 23.9 Å². The Morgan fingerprint density at radius 1 is 0.889 bits per heavy atom. The maximum absolute atomic E-state index is 13.7. The molecule has 0 saturated carbocycles. The standard InChI is InChI=1S/C32H45N7O6/c1-2-34-29(42)25-12-8-18-36-32(45)35-17-7-6-11-26(37-28(41)24(33)19-22-13-15-23(40)16-14-22)30(43)39-27(31(44)38-25)20-21-9-4-3-5-10-21/h3-5,9-10,13-16,24-27,40H,2,6-8,11-12,17-20,33H2,1H3,(H,34,42)(H,37,41)(H,38,44)(H,39,43)(H2,35,36,45)/t24-,25-,26+,27-/m0/s1. The number of hydrogen-bond donors (Lipinski definition) is 8. The van der Waals surface area contributed by atoms with Gasteiger partial charge >= 0.3 is 6.03 Å². The van der Waals surface area contributed by atoms with E-state index in [1.165, 1.54) is 12.1 Å². The maximum Gasteiger partial charge on any atom is 0.314 e. The van der Waals surface area contributed by atoms with E-state index in [4.69, 9.17) is 5.73 Å². The molecule has 0 radical (unpaired) electrons. The van der Waals surface area contributed by atoms with E-state index in [0.29, 0.717) is 38.9 Å². The van der Waals surface area contributed by atoms with Crippen LogP contribution in [0.15, 0.2) is 54.6 Å². The van der Waals surface area contributed by atoms with E-state index in [9.17, 15) is 29.1 Å². The lowest BCUT2D eigenvalue weighted by Gasteiger charge is -2.26. The average Bonchev–Trinajstić information content (AvgIpc) is 3.02. The van der Waals surface area contributed by atoms with Crippen LogP contribution in [0, 0.1) is 0 Å². The minimum Gasteiger partial charge on any atom is -0.508 e. The Kier molecular flexibility index (Phi) is 14.1. The zero-order valence-electron chi connectivity index (χ0n) is 25.6. The highest BCUT2D eigenvalue weighted by Gasteiger charge is 2.30. The van der Waals surface area contributed by atoms with Crippen LogP contribution < -0.4 is 37.6 Å². The molecule has 1 heterocycles. The summed E-state index contributed by atoms with van der Waals surface area (Å²) in [5, 5.41) is 26.1. The lowest BCUT2D eigenvalue weighted by Crippen LogP contribution is -2.58. The monoisotopic (exact) mass is 623 g/mol. The third-order valence-corrected chi connectivity index (χ3v) is 7.42. The van der Waals surface area contributed by atoms with E-state index in [-0.39, 0.29) is 43.4 Å². The zero-order chi connectivity index (χ0) is 32.6. The molecule has 2 aromatic carbocycles. The normalized spacial score (nSPS) is 21.1. The fraction of sp³-hybridized carbons (Fsp3) is 0.469. The second-order valence-electron chi connectivity index (χ2n) is 11.1. The summed E-state index contributed by atoms with van der Waals surface area (Å²) in [6.45, 7) is 2.80. The second-order valence-corrected chi connectivity index (χ2v) is 11.1. The minimum absolute atomic E-state index is 0.0912. The Morgan fingerprint density at radius 3 is 2.27 bits per heavy atom. The molecule has 1 aliphatic heterocycles. The SMILES string of the molecule is CCNC(=O)[C@@H]1CCCNC(=O)NCCCC[C@@H](NC(=O)[C@@H](N)Cc2ccc(O)cc2)C(=O)N[C@@H](Cc2ccccc2)C(=O)N1. The summed E-state index contributed by atoms with van der Waals surface area (Å²) >= 11 is 0. The molecular weight excluding hydrogens is 578 g/mol. The topological polar surface area (TPSA) is 204 Å². The number of urea groups is 1. The number of amides is 6. The number of nitrogens with one attached hydrogen (secondary N) is 6. The Labute approximate surface area is 263 Å². The number of likely N-dealkylation sites (N-methyl/N-ethyl adjacent to an activating group) is 1. The number of carbonyl (C=O) groups excluding carboxylic acids is 5. The van der Waals surface area contributed by atoms with E-state index in [2.05, 4.69) is 31.9 Å². The maximum atomic E-state index is 13.7. The van der Waals surface area contributed by atoms with Crippen LogP contribution in [0.4, 0.5) is 4.79 Å². The van der Waals surface area contributed by atoms with Crippen molar-refractivity contribution in [2.75, 3.05) is 19.6 Å². The van der Waals surface area contributed by atoms with E-state index >= 15 is 0 Å². The summed E-state index contributed by atoms with van der Waals surface area (Å²) in [6.07, 6.45) is 2.29. The molecule has 0 bridgehead atoms. The summed E-state index contributed by atoms with van der Waals surface area (Å²) in [6, 6.07) is 11.2.